The lowest BCUT2D eigenvalue weighted by Crippen LogP contribution is -2.49. The summed E-state index contributed by atoms with van der Waals surface area (Å²) >= 11 is 0. The number of carboxylic acids is 1. The number of carbonyl (C=O) groups is 2. The van der Waals surface area contributed by atoms with Crippen LogP contribution in [-0.2, 0) is 9.53 Å². The third-order valence-electron chi connectivity index (χ3n) is 4.49. The summed E-state index contributed by atoms with van der Waals surface area (Å²) in [7, 11) is 0. The van der Waals surface area contributed by atoms with E-state index in [0.717, 1.165) is 4.90 Å². The molecule has 0 aromatic rings. The molecule has 24 heavy (non-hydrogen) atoms. The zero-order chi connectivity index (χ0) is 18.5. The zero-order valence-electron chi connectivity index (χ0n) is 14.8. The number of hydrogen-bond acceptors (Lipinski definition) is 4. The molecule has 2 aliphatic heterocycles. The first kappa shape index (κ1) is 18.9. The van der Waals surface area contributed by atoms with Crippen molar-refractivity contribution in [3.63, 3.8) is 0 Å². The quantitative estimate of drug-likeness (QED) is 0.848. The minimum Gasteiger partial charge on any atom is -0.481 e. The van der Waals surface area contributed by atoms with E-state index in [1.54, 1.807) is 20.8 Å². The van der Waals surface area contributed by atoms with Gasteiger partial charge in [-0.15, -0.1) is 0 Å². The number of likely N-dealkylation sites (tertiary alicyclic amines) is 2. The van der Waals surface area contributed by atoms with Crippen molar-refractivity contribution in [3.8, 4) is 0 Å². The Labute approximate surface area is 140 Å². The van der Waals surface area contributed by atoms with Crippen molar-refractivity contribution < 1.29 is 28.2 Å². The summed E-state index contributed by atoms with van der Waals surface area (Å²) in [4.78, 5) is 26.1. The zero-order valence-corrected chi connectivity index (χ0v) is 14.8. The third-order valence-corrected chi connectivity index (χ3v) is 4.49. The van der Waals surface area contributed by atoms with Crippen LogP contribution in [0, 0.1) is 5.41 Å². The van der Waals surface area contributed by atoms with Crippen LogP contribution in [0.25, 0.3) is 0 Å². The Morgan fingerprint density at radius 2 is 1.83 bits per heavy atom. The first-order chi connectivity index (χ1) is 10.7. The SMILES string of the molecule is CC(C)(C)OC(=O)N1CC(F)(F)[C@@H]2[C@H]1CCN2CC(C)(C)C(=O)O. The van der Waals surface area contributed by atoms with Gasteiger partial charge in [-0.3, -0.25) is 14.6 Å². The molecule has 0 bridgehead atoms. The molecular weight excluding hydrogens is 322 g/mol. The lowest BCUT2D eigenvalue weighted by molar-refractivity contribution is -0.149. The van der Waals surface area contributed by atoms with Gasteiger partial charge in [0, 0.05) is 13.1 Å². The van der Waals surface area contributed by atoms with Crippen molar-refractivity contribution in [2.75, 3.05) is 19.6 Å². The summed E-state index contributed by atoms with van der Waals surface area (Å²) in [6.07, 6.45) is -0.358. The molecule has 0 unspecified atom stereocenters. The summed E-state index contributed by atoms with van der Waals surface area (Å²) in [6, 6.07) is -1.82. The average molecular weight is 348 g/mol. The summed E-state index contributed by atoms with van der Waals surface area (Å²) in [6.45, 7) is 7.75. The molecule has 0 saturated carbocycles. The fraction of sp³-hybridized carbons (Fsp3) is 0.875. The second-order valence-electron chi connectivity index (χ2n) is 8.33. The molecule has 138 valence electrons. The van der Waals surface area contributed by atoms with E-state index in [1.165, 1.54) is 18.7 Å². The number of carboxylic acid groups (broad SMARTS) is 1. The number of ether oxygens (including phenoxy) is 1. The van der Waals surface area contributed by atoms with Crippen LogP contribution < -0.4 is 0 Å². The molecule has 2 fully saturated rings. The Kier molecular flexibility index (Phi) is 4.58. The van der Waals surface area contributed by atoms with Gasteiger partial charge >= 0.3 is 12.1 Å². The molecule has 2 atom stereocenters. The molecule has 6 nitrogen and oxygen atoms in total. The van der Waals surface area contributed by atoms with E-state index in [1.807, 2.05) is 0 Å². The highest BCUT2D eigenvalue weighted by atomic mass is 19.3. The van der Waals surface area contributed by atoms with Crippen molar-refractivity contribution in [2.45, 2.75) is 64.6 Å². The van der Waals surface area contributed by atoms with Crippen LogP contribution in [0.3, 0.4) is 0 Å². The van der Waals surface area contributed by atoms with E-state index in [4.69, 9.17) is 4.74 Å². The molecular formula is C16H26F2N2O4. The maximum Gasteiger partial charge on any atom is 0.410 e. The van der Waals surface area contributed by atoms with Gasteiger partial charge in [0.2, 0.25) is 0 Å². The highest BCUT2D eigenvalue weighted by Crippen LogP contribution is 2.43. The number of aliphatic carboxylic acids is 1. The Hall–Kier alpha value is -1.44. The van der Waals surface area contributed by atoms with Crippen molar-refractivity contribution in [2.24, 2.45) is 5.41 Å². The monoisotopic (exact) mass is 348 g/mol. The summed E-state index contributed by atoms with van der Waals surface area (Å²) in [5.41, 5.74) is -1.89. The highest BCUT2D eigenvalue weighted by molar-refractivity contribution is 5.74. The molecule has 2 heterocycles. The van der Waals surface area contributed by atoms with E-state index in [2.05, 4.69) is 0 Å². The molecule has 2 rings (SSSR count). The normalized spacial score (nSPS) is 27.2. The molecule has 2 saturated heterocycles. The topological polar surface area (TPSA) is 70.1 Å². The van der Waals surface area contributed by atoms with Crippen LogP contribution in [0.1, 0.15) is 41.0 Å². The summed E-state index contributed by atoms with van der Waals surface area (Å²) in [5, 5.41) is 9.24. The molecule has 0 aromatic carbocycles. The number of halogens is 2. The van der Waals surface area contributed by atoms with Gasteiger partial charge in [-0.05, 0) is 41.0 Å². The number of amides is 1. The number of rotatable bonds is 3. The molecule has 0 radical (unpaired) electrons. The van der Waals surface area contributed by atoms with Crippen LogP contribution in [-0.4, -0.2) is 70.2 Å². The standard InChI is InChI=1S/C16H26F2N2O4/c1-14(2,3)24-13(23)20-9-16(17,18)11-10(20)6-7-19(11)8-15(4,5)12(21)22/h10-11H,6-9H2,1-5H3,(H,21,22)/t10-,11+/m1/s1. The van der Waals surface area contributed by atoms with E-state index < -0.39 is 47.6 Å². The number of alkyl halides is 2. The van der Waals surface area contributed by atoms with Gasteiger partial charge in [0.15, 0.2) is 0 Å². The number of nitrogens with zero attached hydrogens (tertiary/aromatic N) is 2. The first-order valence-electron chi connectivity index (χ1n) is 8.09. The molecule has 2 aliphatic rings. The largest absolute Gasteiger partial charge is 0.481 e. The smallest absolute Gasteiger partial charge is 0.410 e. The second-order valence-corrected chi connectivity index (χ2v) is 8.33. The van der Waals surface area contributed by atoms with Gasteiger partial charge in [-0.2, -0.15) is 0 Å². The van der Waals surface area contributed by atoms with Gasteiger partial charge < -0.3 is 9.84 Å². The molecule has 0 aromatic heterocycles. The molecule has 8 heteroatoms. The Bertz CT molecular complexity index is 531. The summed E-state index contributed by atoms with van der Waals surface area (Å²) in [5.74, 6) is -4.12. The van der Waals surface area contributed by atoms with Gasteiger partial charge in [-0.1, -0.05) is 0 Å². The highest BCUT2D eigenvalue weighted by Gasteiger charge is 2.61. The maximum atomic E-state index is 14.5. The Morgan fingerprint density at radius 1 is 1.25 bits per heavy atom. The fourth-order valence-corrected chi connectivity index (χ4v) is 3.42. The van der Waals surface area contributed by atoms with Gasteiger partial charge in [0.05, 0.1) is 24.0 Å². The lowest BCUT2D eigenvalue weighted by atomic mass is 9.92. The molecule has 0 aliphatic carbocycles. The third kappa shape index (κ3) is 3.63. The van der Waals surface area contributed by atoms with E-state index in [0.29, 0.717) is 13.0 Å². The number of carbonyl (C=O) groups excluding carboxylic acids is 1. The Balaban J connectivity index is 2.17. The van der Waals surface area contributed by atoms with Gasteiger partial charge in [-0.25, -0.2) is 13.6 Å². The van der Waals surface area contributed by atoms with E-state index in [9.17, 15) is 23.5 Å². The van der Waals surface area contributed by atoms with Crippen molar-refractivity contribution >= 4 is 12.1 Å². The van der Waals surface area contributed by atoms with Crippen molar-refractivity contribution in [3.05, 3.63) is 0 Å². The van der Waals surface area contributed by atoms with Crippen LogP contribution >= 0.6 is 0 Å². The molecule has 1 N–H and O–H groups in total. The van der Waals surface area contributed by atoms with Crippen LogP contribution in [0.4, 0.5) is 13.6 Å². The second kappa shape index (κ2) is 5.82. The van der Waals surface area contributed by atoms with Crippen LogP contribution in [0.2, 0.25) is 0 Å². The number of hydrogen-bond donors (Lipinski definition) is 1. The van der Waals surface area contributed by atoms with Crippen molar-refractivity contribution in [1.82, 2.24) is 9.80 Å². The molecule has 1 amide bonds. The van der Waals surface area contributed by atoms with Crippen LogP contribution in [0.15, 0.2) is 0 Å². The average Bonchev–Trinajstić information content (AvgIpc) is 2.87. The fourth-order valence-electron chi connectivity index (χ4n) is 3.42. The van der Waals surface area contributed by atoms with E-state index >= 15 is 0 Å². The minimum absolute atomic E-state index is 0.0151. The predicted octanol–water partition coefficient (Wildman–Crippen LogP) is 2.43. The minimum atomic E-state index is -3.09. The van der Waals surface area contributed by atoms with Gasteiger partial charge in [0.1, 0.15) is 5.60 Å². The van der Waals surface area contributed by atoms with Crippen molar-refractivity contribution in [1.29, 1.82) is 0 Å². The van der Waals surface area contributed by atoms with Crippen LogP contribution in [0.5, 0.6) is 0 Å². The lowest BCUT2D eigenvalue weighted by Gasteiger charge is -2.32. The van der Waals surface area contributed by atoms with E-state index in [-0.39, 0.29) is 6.54 Å². The van der Waals surface area contributed by atoms with Gasteiger partial charge in [0.25, 0.3) is 5.92 Å². The summed E-state index contributed by atoms with van der Waals surface area (Å²) < 4.78 is 34.3. The molecule has 0 spiro atoms. The maximum absolute atomic E-state index is 14.5. The Morgan fingerprint density at radius 3 is 2.33 bits per heavy atom. The first-order valence-corrected chi connectivity index (χ1v) is 8.09. The predicted molar refractivity (Wildman–Crippen MR) is 83.1 cm³/mol. The number of fused-ring (bicyclic) bond motifs is 1.